The van der Waals surface area contributed by atoms with Crippen LogP contribution in [0.3, 0.4) is 0 Å². The Morgan fingerprint density at radius 1 is 1.40 bits per heavy atom. The van der Waals surface area contributed by atoms with Crippen molar-refractivity contribution in [3.05, 3.63) is 34.9 Å². The molecule has 0 aliphatic carbocycles. The highest BCUT2D eigenvalue weighted by Crippen LogP contribution is 2.37. The number of benzene rings is 1. The Kier molecular flexibility index (Phi) is 2.50. The zero-order valence-electron chi connectivity index (χ0n) is 9.21. The molecule has 0 amide bonds. The van der Waals surface area contributed by atoms with Crippen molar-refractivity contribution in [2.24, 2.45) is 0 Å². The minimum absolute atomic E-state index is 0.0352. The van der Waals surface area contributed by atoms with E-state index in [0.29, 0.717) is 19.6 Å². The average Bonchev–Trinajstić information content (AvgIpc) is 2.12. The Morgan fingerprint density at radius 2 is 2.13 bits per heavy atom. The molecule has 0 unspecified atom stereocenters. The highest BCUT2D eigenvalue weighted by Gasteiger charge is 2.41. The predicted molar refractivity (Wildman–Crippen MR) is 58.6 cm³/mol. The highest BCUT2D eigenvalue weighted by atomic mass is 16.5. The van der Waals surface area contributed by atoms with Crippen LogP contribution in [0.1, 0.15) is 23.1 Å². The van der Waals surface area contributed by atoms with Gasteiger partial charge in [0.05, 0.1) is 24.7 Å². The van der Waals surface area contributed by atoms with Crippen LogP contribution >= 0.6 is 0 Å². The molecule has 78 valence electrons. The maximum absolute atomic E-state index is 8.87. The molecule has 0 spiro atoms. The second-order valence-electron chi connectivity index (χ2n) is 4.43. The summed E-state index contributed by atoms with van der Waals surface area (Å²) in [6.45, 7) is 5.57. The number of nitriles is 1. The molecule has 0 N–H and O–H groups in total. The van der Waals surface area contributed by atoms with E-state index in [-0.39, 0.29) is 5.41 Å². The van der Waals surface area contributed by atoms with Crippen molar-refractivity contribution in [2.75, 3.05) is 13.2 Å². The fraction of sp³-hybridized carbons (Fsp3) is 0.462. The van der Waals surface area contributed by atoms with Gasteiger partial charge in [0.1, 0.15) is 0 Å². The first-order valence-corrected chi connectivity index (χ1v) is 5.20. The van der Waals surface area contributed by atoms with Gasteiger partial charge in [0.25, 0.3) is 0 Å². The molecule has 1 aromatic rings. The molecule has 15 heavy (non-hydrogen) atoms. The van der Waals surface area contributed by atoms with E-state index >= 15 is 0 Å². The lowest BCUT2D eigenvalue weighted by Gasteiger charge is -2.41. The van der Waals surface area contributed by atoms with Crippen LogP contribution < -0.4 is 0 Å². The van der Waals surface area contributed by atoms with Gasteiger partial charge in [-0.25, -0.2) is 0 Å². The quantitative estimate of drug-likeness (QED) is 0.736. The molecule has 1 fully saturated rings. The Labute approximate surface area is 90.5 Å². The molecule has 1 aromatic carbocycles. The van der Waals surface area contributed by atoms with Crippen molar-refractivity contribution >= 4 is 0 Å². The van der Waals surface area contributed by atoms with E-state index in [9.17, 15) is 0 Å². The number of rotatable bonds is 2. The third-order valence-electron chi connectivity index (χ3n) is 3.13. The monoisotopic (exact) mass is 201 g/mol. The van der Waals surface area contributed by atoms with Crippen molar-refractivity contribution in [2.45, 2.75) is 25.7 Å². The molecule has 0 bridgehead atoms. The zero-order chi connectivity index (χ0) is 10.9. The first-order chi connectivity index (χ1) is 7.18. The standard InChI is InChI=1S/C13H15NO/c1-10-3-4-12(11(2)7-10)13(5-6-14)8-15-9-13/h3-4,7H,5,8-9H2,1-2H3. The lowest BCUT2D eigenvalue weighted by Crippen LogP contribution is -2.46. The van der Waals surface area contributed by atoms with E-state index in [1.807, 2.05) is 0 Å². The molecule has 1 aliphatic rings. The topological polar surface area (TPSA) is 33.0 Å². The summed E-state index contributed by atoms with van der Waals surface area (Å²) in [7, 11) is 0. The molecule has 0 aromatic heterocycles. The first kappa shape index (κ1) is 10.2. The van der Waals surface area contributed by atoms with Crippen molar-refractivity contribution in [3.8, 4) is 6.07 Å². The number of hydrogen-bond donors (Lipinski definition) is 0. The van der Waals surface area contributed by atoms with Crippen molar-refractivity contribution in [1.82, 2.24) is 0 Å². The first-order valence-electron chi connectivity index (χ1n) is 5.20. The third-order valence-corrected chi connectivity index (χ3v) is 3.13. The molecule has 2 nitrogen and oxygen atoms in total. The van der Waals surface area contributed by atoms with Crippen LogP contribution in [0.5, 0.6) is 0 Å². The van der Waals surface area contributed by atoms with E-state index in [4.69, 9.17) is 10.00 Å². The lowest BCUT2D eigenvalue weighted by atomic mass is 9.74. The second kappa shape index (κ2) is 3.67. The van der Waals surface area contributed by atoms with Crippen molar-refractivity contribution in [3.63, 3.8) is 0 Å². The van der Waals surface area contributed by atoms with Gasteiger partial charge >= 0.3 is 0 Å². The lowest BCUT2D eigenvalue weighted by molar-refractivity contribution is -0.0580. The smallest absolute Gasteiger partial charge is 0.0632 e. The molecular formula is C13H15NO. The Balaban J connectivity index is 2.39. The van der Waals surface area contributed by atoms with Crippen LogP contribution in [0.2, 0.25) is 0 Å². The van der Waals surface area contributed by atoms with Crippen LogP contribution in [0.15, 0.2) is 18.2 Å². The van der Waals surface area contributed by atoms with Gasteiger partial charge in [-0.15, -0.1) is 0 Å². The van der Waals surface area contributed by atoms with Gasteiger partial charge in [0.2, 0.25) is 0 Å². The maximum Gasteiger partial charge on any atom is 0.0632 e. The molecule has 0 saturated carbocycles. The summed E-state index contributed by atoms with van der Waals surface area (Å²) in [5, 5.41) is 8.87. The molecule has 1 saturated heterocycles. The molecular weight excluding hydrogens is 186 g/mol. The molecule has 1 heterocycles. The number of ether oxygens (including phenoxy) is 1. The van der Waals surface area contributed by atoms with Crippen LogP contribution in [0.4, 0.5) is 0 Å². The van der Waals surface area contributed by atoms with Gasteiger partial charge in [0, 0.05) is 6.42 Å². The molecule has 2 heteroatoms. The summed E-state index contributed by atoms with van der Waals surface area (Å²) in [6.07, 6.45) is 0.552. The number of nitrogens with zero attached hydrogens (tertiary/aromatic N) is 1. The second-order valence-corrected chi connectivity index (χ2v) is 4.43. The normalized spacial score (nSPS) is 17.9. The van der Waals surface area contributed by atoms with Crippen LogP contribution in [0.25, 0.3) is 0 Å². The van der Waals surface area contributed by atoms with E-state index < -0.39 is 0 Å². The molecule has 0 radical (unpaired) electrons. The van der Waals surface area contributed by atoms with E-state index in [0.717, 1.165) is 0 Å². The minimum atomic E-state index is -0.0352. The van der Waals surface area contributed by atoms with Crippen LogP contribution in [0, 0.1) is 25.2 Å². The van der Waals surface area contributed by atoms with Crippen molar-refractivity contribution < 1.29 is 4.74 Å². The van der Waals surface area contributed by atoms with E-state index in [2.05, 4.69) is 38.1 Å². The van der Waals surface area contributed by atoms with Crippen molar-refractivity contribution in [1.29, 1.82) is 5.26 Å². The summed E-state index contributed by atoms with van der Waals surface area (Å²) < 4.78 is 5.28. The summed E-state index contributed by atoms with van der Waals surface area (Å²) in [5.41, 5.74) is 3.78. The predicted octanol–water partition coefficient (Wildman–Crippen LogP) is 2.49. The fourth-order valence-corrected chi connectivity index (χ4v) is 2.26. The summed E-state index contributed by atoms with van der Waals surface area (Å²) in [6, 6.07) is 8.70. The van der Waals surface area contributed by atoms with Gasteiger partial charge < -0.3 is 4.74 Å². The average molecular weight is 201 g/mol. The van der Waals surface area contributed by atoms with Gasteiger partial charge in [-0.2, -0.15) is 5.26 Å². The maximum atomic E-state index is 8.87. The summed E-state index contributed by atoms with van der Waals surface area (Å²) in [4.78, 5) is 0. The molecule has 1 aliphatic heterocycles. The SMILES string of the molecule is Cc1ccc(C2(CC#N)COC2)c(C)c1. The Hall–Kier alpha value is -1.33. The minimum Gasteiger partial charge on any atom is -0.379 e. The number of hydrogen-bond acceptors (Lipinski definition) is 2. The summed E-state index contributed by atoms with van der Waals surface area (Å²) in [5.74, 6) is 0. The largest absolute Gasteiger partial charge is 0.379 e. The highest BCUT2D eigenvalue weighted by molar-refractivity contribution is 5.38. The van der Waals surface area contributed by atoms with Gasteiger partial charge in [-0.1, -0.05) is 23.8 Å². The fourth-order valence-electron chi connectivity index (χ4n) is 2.26. The van der Waals surface area contributed by atoms with Gasteiger partial charge in [-0.05, 0) is 25.0 Å². The molecule has 2 rings (SSSR count). The number of aryl methyl sites for hydroxylation is 2. The van der Waals surface area contributed by atoms with Crippen LogP contribution in [-0.4, -0.2) is 13.2 Å². The van der Waals surface area contributed by atoms with Crippen LogP contribution in [-0.2, 0) is 10.2 Å². The van der Waals surface area contributed by atoms with E-state index in [1.165, 1.54) is 16.7 Å². The van der Waals surface area contributed by atoms with Gasteiger partial charge in [-0.3, -0.25) is 0 Å². The Bertz CT molecular complexity index is 413. The third kappa shape index (κ3) is 1.64. The van der Waals surface area contributed by atoms with Gasteiger partial charge in [0.15, 0.2) is 0 Å². The van der Waals surface area contributed by atoms with E-state index in [1.54, 1.807) is 0 Å². The Morgan fingerprint density at radius 3 is 2.60 bits per heavy atom. The molecule has 0 atom stereocenters. The summed E-state index contributed by atoms with van der Waals surface area (Å²) >= 11 is 0. The zero-order valence-corrected chi connectivity index (χ0v) is 9.21.